The number of ether oxygens (including phenoxy) is 3. The van der Waals surface area contributed by atoms with E-state index >= 15 is 0 Å². The van der Waals surface area contributed by atoms with Crippen molar-refractivity contribution in [2.24, 2.45) is 0 Å². The molecule has 0 spiro atoms. The first-order valence-electron chi connectivity index (χ1n) is 6.84. The highest BCUT2D eigenvalue weighted by molar-refractivity contribution is 6.35. The van der Waals surface area contributed by atoms with Gasteiger partial charge in [0.15, 0.2) is 18.1 Å². The minimum Gasteiger partial charge on any atom is -0.454 e. The summed E-state index contributed by atoms with van der Waals surface area (Å²) in [4.78, 5) is 23.8. The summed E-state index contributed by atoms with van der Waals surface area (Å²) in [6, 6.07) is 9.36. The number of nitrogens with one attached hydrogen (secondary N) is 1. The molecule has 0 unspecified atom stereocenters. The van der Waals surface area contributed by atoms with Gasteiger partial charge in [0.1, 0.15) is 0 Å². The van der Waals surface area contributed by atoms with Crippen LogP contribution in [0.25, 0.3) is 0 Å². The second-order valence-corrected chi connectivity index (χ2v) is 5.66. The Labute approximate surface area is 147 Å². The predicted octanol–water partition coefficient (Wildman–Crippen LogP) is 3.52. The van der Waals surface area contributed by atoms with Gasteiger partial charge in [-0.25, -0.2) is 4.79 Å². The molecule has 8 heteroatoms. The molecule has 0 aromatic heterocycles. The summed E-state index contributed by atoms with van der Waals surface area (Å²) < 4.78 is 15.3. The van der Waals surface area contributed by atoms with Gasteiger partial charge in [-0.3, -0.25) is 4.79 Å². The van der Waals surface area contributed by atoms with E-state index in [-0.39, 0.29) is 17.4 Å². The van der Waals surface area contributed by atoms with Crippen LogP contribution in [-0.2, 0) is 9.53 Å². The average molecular weight is 368 g/mol. The van der Waals surface area contributed by atoms with Crippen LogP contribution in [0.15, 0.2) is 36.4 Å². The molecular formula is C16H11Cl2NO5. The molecular weight excluding hydrogens is 357 g/mol. The average Bonchev–Trinajstić information content (AvgIpc) is 3.02. The fourth-order valence-corrected chi connectivity index (χ4v) is 2.40. The number of carbonyl (C=O) groups excluding carboxylic acids is 2. The van der Waals surface area contributed by atoms with Crippen LogP contribution in [0.5, 0.6) is 11.5 Å². The lowest BCUT2D eigenvalue weighted by Crippen LogP contribution is -2.21. The number of hydrogen-bond acceptors (Lipinski definition) is 5. The van der Waals surface area contributed by atoms with Gasteiger partial charge in [-0.1, -0.05) is 23.2 Å². The quantitative estimate of drug-likeness (QED) is 0.836. The highest BCUT2D eigenvalue weighted by Crippen LogP contribution is 2.34. The minimum absolute atomic E-state index is 0.0973. The number of rotatable bonds is 4. The van der Waals surface area contributed by atoms with E-state index in [0.717, 1.165) is 0 Å². The Hall–Kier alpha value is -2.44. The van der Waals surface area contributed by atoms with Crippen molar-refractivity contribution in [1.82, 2.24) is 0 Å². The lowest BCUT2D eigenvalue weighted by Gasteiger charge is -2.08. The van der Waals surface area contributed by atoms with Crippen LogP contribution in [0.2, 0.25) is 10.0 Å². The first kappa shape index (κ1) is 16.4. The SMILES string of the molecule is O=C(COC(=O)c1cc(Cl)ccc1Cl)Nc1ccc2c(c1)OCO2. The molecule has 0 saturated carbocycles. The monoisotopic (exact) mass is 367 g/mol. The Morgan fingerprint density at radius 3 is 2.71 bits per heavy atom. The molecule has 3 rings (SSSR count). The molecule has 124 valence electrons. The highest BCUT2D eigenvalue weighted by Gasteiger charge is 2.16. The highest BCUT2D eigenvalue weighted by atomic mass is 35.5. The first-order chi connectivity index (χ1) is 11.5. The smallest absolute Gasteiger partial charge is 0.340 e. The van der Waals surface area contributed by atoms with Gasteiger partial charge < -0.3 is 19.5 Å². The van der Waals surface area contributed by atoms with E-state index in [9.17, 15) is 9.59 Å². The maximum absolute atomic E-state index is 11.9. The third-order valence-electron chi connectivity index (χ3n) is 3.14. The van der Waals surface area contributed by atoms with Crippen LogP contribution < -0.4 is 14.8 Å². The third-order valence-corrected chi connectivity index (χ3v) is 3.70. The summed E-state index contributed by atoms with van der Waals surface area (Å²) in [7, 11) is 0. The molecule has 6 nitrogen and oxygen atoms in total. The summed E-state index contributed by atoms with van der Waals surface area (Å²) >= 11 is 11.7. The lowest BCUT2D eigenvalue weighted by atomic mass is 10.2. The van der Waals surface area contributed by atoms with E-state index in [1.165, 1.54) is 12.1 Å². The molecule has 1 amide bonds. The van der Waals surface area contributed by atoms with E-state index in [0.29, 0.717) is 22.2 Å². The number of fused-ring (bicyclic) bond motifs is 1. The van der Waals surface area contributed by atoms with Crippen molar-refractivity contribution >= 4 is 40.8 Å². The molecule has 0 saturated heterocycles. The summed E-state index contributed by atoms with van der Waals surface area (Å²) in [6.07, 6.45) is 0. The normalized spacial score (nSPS) is 11.9. The molecule has 1 heterocycles. The Bertz CT molecular complexity index is 809. The van der Waals surface area contributed by atoms with Crippen LogP contribution in [0, 0.1) is 0 Å². The van der Waals surface area contributed by atoms with Crippen LogP contribution in [0.3, 0.4) is 0 Å². The van der Waals surface area contributed by atoms with E-state index in [1.54, 1.807) is 24.3 Å². The molecule has 2 aromatic rings. The van der Waals surface area contributed by atoms with Gasteiger partial charge in [0, 0.05) is 16.8 Å². The molecule has 0 fully saturated rings. The zero-order chi connectivity index (χ0) is 17.1. The van der Waals surface area contributed by atoms with Gasteiger partial charge in [0.05, 0.1) is 10.6 Å². The van der Waals surface area contributed by atoms with Gasteiger partial charge in [-0.2, -0.15) is 0 Å². The van der Waals surface area contributed by atoms with E-state index < -0.39 is 18.5 Å². The molecule has 1 aliphatic heterocycles. The second kappa shape index (κ2) is 6.98. The largest absolute Gasteiger partial charge is 0.454 e. The second-order valence-electron chi connectivity index (χ2n) is 4.82. The van der Waals surface area contributed by atoms with Gasteiger partial charge in [0.2, 0.25) is 6.79 Å². The van der Waals surface area contributed by atoms with Crippen molar-refractivity contribution in [1.29, 1.82) is 0 Å². The number of halogens is 2. The summed E-state index contributed by atoms with van der Waals surface area (Å²) in [5.41, 5.74) is 0.598. The van der Waals surface area contributed by atoms with Crippen LogP contribution in [0.1, 0.15) is 10.4 Å². The third kappa shape index (κ3) is 3.72. The fraction of sp³-hybridized carbons (Fsp3) is 0.125. The molecule has 1 aliphatic rings. The first-order valence-corrected chi connectivity index (χ1v) is 7.60. The maximum Gasteiger partial charge on any atom is 0.340 e. The van der Waals surface area contributed by atoms with Crippen molar-refractivity contribution in [3.05, 3.63) is 52.0 Å². The minimum atomic E-state index is -0.733. The van der Waals surface area contributed by atoms with Gasteiger partial charge in [0.25, 0.3) is 5.91 Å². The number of hydrogen-bond donors (Lipinski definition) is 1. The molecule has 24 heavy (non-hydrogen) atoms. The van der Waals surface area contributed by atoms with Crippen molar-refractivity contribution < 1.29 is 23.8 Å². The molecule has 0 atom stereocenters. The standard InChI is InChI=1S/C16H11Cl2NO5/c17-9-1-3-12(18)11(5-9)16(21)22-7-15(20)19-10-2-4-13-14(6-10)24-8-23-13/h1-6H,7-8H2,(H,19,20). The molecule has 2 aromatic carbocycles. The Kier molecular flexibility index (Phi) is 4.78. The maximum atomic E-state index is 11.9. The Morgan fingerprint density at radius 2 is 1.88 bits per heavy atom. The number of benzene rings is 2. The van der Waals surface area contributed by atoms with Crippen molar-refractivity contribution in [3.8, 4) is 11.5 Å². The summed E-state index contributed by atoms with van der Waals surface area (Å²) in [5.74, 6) is -0.0887. The van der Waals surface area contributed by atoms with Gasteiger partial charge in [-0.05, 0) is 30.3 Å². The zero-order valence-electron chi connectivity index (χ0n) is 12.2. The van der Waals surface area contributed by atoms with E-state index in [4.69, 9.17) is 37.4 Å². The number of anilines is 1. The van der Waals surface area contributed by atoms with Crippen LogP contribution in [-0.4, -0.2) is 25.3 Å². The van der Waals surface area contributed by atoms with Crippen molar-refractivity contribution in [3.63, 3.8) is 0 Å². The van der Waals surface area contributed by atoms with Crippen LogP contribution in [0.4, 0.5) is 5.69 Å². The number of carbonyl (C=O) groups is 2. The Morgan fingerprint density at radius 1 is 1.08 bits per heavy atom. The van der Waals surface area contributed by atoms with Gasteiger partial charge >= 0.3 is 5.97 Å². The summed E-state index contributed by atoms with van der Waals surface area (Å²) in [5, 5.41) is 3.13. The lowest BCUT2D eigenvalue weighted by molar-refractivity contribution is -0.119. The van der Waals surface area contributed by atoms with Gasteiger partial charge in [-0.15, -0.1) is 0 Å². The van der Waals surface area contributed by atoms with E-state index in [1.807, 2.05) is 0 Å². The number of esters is 1. The molecule has 1 N–H and O–H groups in total. The van der Waals surface area contributed by atoms with Crippen molar-refractivity contribution in [2.45, 2.75) is 0 Å². The Balaban J connectivity index is 1.57. The predicted molar refractivity (Wildman–Crippen MR) is 87.9 cm³/mol. The van der Waals surface area contributed by atoms with Crippen molar-refractivity contribution in [2.75, 3.05) is 18.7 Å². The number of amides is 1. The molecule has 0 radical (unpaired) electrons. The van der Waals surface area contributed by atoms with E-state index in [2.05, 4.69) is 5.32 Å². The summed E-state index contributed by atoms with van der Waals surface area (Å²) in [6.45, 7) is -0.319. The fourth-order valence-electron chi connectivity index (χ4n) is 2.03. The molecule has 0 aliphatic carbocycles. The van der Waals surface area contributed by atoms with Crippen LogP contribution >= 0.6 is 23.2 Å². The molecule has 0 bridgehead atoms. The zero-order valence-corrected chi connectivity index (χ0v) is 13.7. The topological polar surface area (TPSA) is 73.9 Å².